The van der Waals surface area contributed by atoms with E-state index < -0.39 is 0 Å². The van der Waals surface area contributed by atoms with Gasteiger partial charge >= 0.3 is 0 Å². The molecule has 0 saturated heterocycles. The van der Waals surface area contributed by atoms with Gasteiger partial charge in [-0.05, 0) is 19.1 Å². The minimum Gasteiger partial charge on any atom is -0.492 e. The molecule has 4 nitrogen and oxygen atoms in total. The molecule has 0 spiro atoms. The van der Waals surface area contributed by atoms with Crippen molar-refractivity contribution in [1.82, 2.24) is 0 Å². The Morgan fingerprint density at radius 3 is 2.94 bits per heavy atom. The molecule has 88 valence electrons. The van der Waals surface area contributed by atoms with Gasteiger partial charge in [0, 0.05) is 24.1 Å². The number of anilines is 1. The number of carbonyl (C=O) groups excluding carboxylic acids is 1. The van der Waals surface area contributed by atoms with Gasteiger partial charge in [0.25, 0.3) is 0 Å². The molecular weight excluding hydrogens is 228 g/mol. The van der Waals surface area contributed by atoms with E-state index in [-0.39, 0.29) is 12.3 Å². The number of ether oxygens (including phenoxy) is 1. The largest absolute Gasteiger partial charge is 0.492 e. The molecule has 0 atom stereocenters. The van der Waals surface area contributed by atoms with Crippen molar-refractivity contribution in [2.45, 2.75) is 13.3 Å². The number of carbonyl (C=O) groups is 1. The molecule has 1 aromatic carbocycles. The minimum absolute atomic E-state index is 0.134. The van der Waals surface area contributed by atoms with Crippen molar-refractivity contribution in [3.8, 4) is 5.75 Å². The number of amides is 1. The van der Waals surface area contributed by atoms with Crippen LogP contribution in [0.1, 0.15) is 13.3 Å². The van der Waals surface area contributed by atoms with Crippen molar-refractivity contribution in [3.05, 3.63) is 23.2 Å². The van der Waals surface area contributed by atoms with Gasteiger partial charge in [-0.2, -0.15) is 0 Å². The van der Waals surface area contributed by atoms with Crippen molar-refractivity contribution < 1.29 is 9.53 Å². The van der Waals surface area contributed by atoms with E-state index in [9.17, 15) is 4.79 Å². The molecule has 1 amide bonds. The SMILES string of the molecule is CCOc1cc(Cl)ccc1NC(=O)CCN. The Kier molecular flexibility index (Phi) is 5.08. The summed E-state index contributed by atoms with van der Waals surface area (Å²) in [6.45, 7) is 2.70. The molecule has 0 aliphatic rings. The van der Waals surface area contributed by atoms with Crippen LogP contribution < -0.4 is 15.8 Å². The molecule has 1 rings (SSSR count). The van der Waals surface area contributed by atoms with Crippen LogP contribution in [0, 0.1) is 0 Å². The highest BCUT2D eigenvalue weighted by atomic mass is 35.5. The third kappa shape index (κ3) is 3.72. The summed E-state index contributed by atoms with van der Waals surface area (Å²) in [6, 6.07) is 5.08. The third-order valence-electron chi connectivity index (χ3n) is 1.89. The maximum atomic E-state index is 11.4. The Morgan fingerprint density at radius 2 is 2.31 bits per heavy atom. The molecule has 0 unspecified atom stereocenters. The quantitative estimate of drug-likeness (QED) is 0.830. The summed E-state index contributed by atoms with van der Waals surface area (Å²) < 4.78 is 5.37. The van der Waals surface area contributed by atoms with Gasteiger partial charge in [-0.25, -0.2) is 0 Å². The lowest BCUT2D eigenvalue weighted by molar-refractivity contribution is -0.116. The zero-order valence-electron chi connectivity index (χ0n) is 9.13. The first-order valence-corrected chi connectivity index (χ1v) is 5.47. The average Bonchev–Trinajstić information content (AvgIpc) is 2.23. The number of halogens is 1. The monoisotopic (exact) mass is 242 g/mol. The molecule has 0 bridgehead atoms. The lowest BCUT2D eigenvalue weighted by Gasteiger charge is -2.11. The summed E-state index contributed by atoms with van der Waals surface area (Å²) in [5, 5.41) is 3.29. The molecule has 0 heterocycles. The van der Waals surface area contributed by atoms with Crippen LogP contribution in [0.15, 0.2) is 18.2 Å². The topological polar surface area (TPSA) is 64.3 Å². The summed E-state index contributed by atoms with van der Waals surface area (Å²) in [4.78, 5) is 11.4. The lowest BCUT2D eigenvalue weighted by Crippen LogP contribution is -2.16. The maximum Gasteiger partial charge on any atom is 0.225 e. The molecular formula is C11H15ClN2O2. The van der Waals surface area contributed by atoms with Crippen molar-refractivity contribution >= 4 is 23.2 Å². The summed E-state index contributed by atoms with van der Waals surface area (Å²) in [6.07, 6.45) is 0.286. The number of hydrogen-bond donors (Lipinski definition) is 2. The first-order valence-electron chi connectivity index (χ1n) is 5.09. The maximum absolute atomic E-state index is 11.4. The first kappa shape index (κ1) is 12.8. The van der Waals surface area contributed by atoms with Gasteiger partial charge in [-0.15, -0.1) is 0 Å². The molecule has 0 aliphatic carbocycles. The van der Waals surface area contributed by atoms with E-state index in [2.05, 4.69) is 5.32 Å². The smallest absolute Gasteiger partial charge is 0.225 e. The van der Waals surface area contributed by atoms with Gasteiger partial charge < -0.3 is 15.8 Å². The molecule has 16 heavy (non-hydrogen) atoms. The van der Waals surface area contributed by atoms with Crippen LogP contribution in [0.4, 0.5) is 5.69 Å². The van der Waals surface area contributed by atoms with E-state index in [0.29, 0.717) is 29.6 Å². The fourth-order valence-corrected chi connectivity index (χ4v) is 1.38. The summed E-state index contributed by atoms with van der Waals surface area (Å²) in [7, 11) is 0. The fraction of sp³-hybridized carbons (Fsp3) is 0.364. The highest BCUT2D eigenvalue weighted by molar-refractivity contribution is 6.30. The second-order valence-corrected chi connectivity index (χ2v) is 3.60. The van der Waals surface area contributed by atoms with Crippen molar-refractivity contribution in [1.29, 1.82) is 0 Å². The number of nitrogens with one attached hydrogen (secondary N) is 1. The number of benzene rings is 1. The Labute approximate surface area is 99.7 Å². The zero-order chi connectivity index (χ0) is 12.0. The van der Waals surface area contributed by atoms with Crippen LogP contribution in [0.5, 0.6) is 5.75 Å². The normalized spacial score (nSPS) is 9.94. The highest BCUT2D eigenvalue weighted by Gasteiger charge is 2.07. The zero-order valence-corrected chi connectivity index (χ0v) is 9.88. The van der Waals surface area contributed by atoms with Crippen molar-refractivity contribution in [3.63, 3.8) is 0 Å². The Hall–Kier alpha value is -1.26. The van der Waals surface area contributed by atoms with Crippen LogP contribution in [-0.2, 0) is 4.79 Å². The Bertz CT molecular complexity index is 369. The Morgan fingerprint density at radius 1 is 1.56 bits per heavy atom. The van der Waals surface area contributed by atoms with E-state index in [1.807, 2.05) is 6.92 Å². The van der Waals surface area contributed by atoms with E-state index in [0.717, 1.165) is 0 Å². The van der Waals surface area contributed by atoms with E-state index in [4.69, 9.17) is 22.1 Å². The molecule has 0 aromatic heterocycles. The van der Waals surface area contributed by atoms with Gasteiger partial charge in [0.1, 0.15) is 5.75 Å². The highest BCUT2D eigenvalue weighted by Crippen LogP contribution is 2.28. The van der Waals surface area contributed by atoms with Gasteiger partial charge in [-0.3, -0.25) is 4.79 Å². The lowest BCUT2D eigenvalue weighted by atomic mass is 10.2. The molecule has 0 aliphatic heterocycles. The second-order valence-electron chi connectivity index (χ2n) is 3.16. The van der Waals surface area contributed by atoms with Crippen molar-refractivity contribution in [2.75, 3.05) is 18.5 Å². The number of nitrogens with two attached hydrogens (primary N) is 1. The number of rotatable bonds is 5. The molecule has 0 saturated carbocycles. The van der Waals surface area contributed by atoms with Crippen LogP contribution in [0.3, 0.4) is 0 Å². The van der Waals surface area contributed by atoms with Gasteiger partial charge in [0.2, 0.25) is 5.91 Å². The van der Waals surface area contributed by atoms with Gasteiger partial charge in [-0.1, -0.05) is 11.6 Å². The van der Waals surface area contributed by atoms with E-state index in [1.54, 1.807) is 18.2 Å². The fourth-order valence-electron chi connectivity index (χ4n) is 1.22. The van der Waals surface area contributed by atoms with E-state index in [1.165, 1.54) is 0 Å². The Balaban J connectivity index is 2.81. The molecule has 0 fully saturated rings. The standard InChI is InChI=1S/C11H15ClN2O2/c1-2-16-10-7-8(12)3-4-9(10)14-11(15)5-6-13/h3-4,7H,2,5-6,13H2,1H3,(H,14,15). The molecule has 3 N–H and O–H groups in total. The predicted molar refractivity (Wildman–Crippen MR) is 64.9 cm³/mol. The molecule has 1 aromatic rings. The van der Waals surface area contributed by atoms with Crippen molar-refractivity contribution in [2.24, 2.45) is 5.73 Å². The van der Waals surface area contributed by atoms with Crippen LogP contribution in [0.25, 0.3) is 0 Å². The minimum atomic E-state index is -0.134. The third-order valence-corrected chi connectivity index (χ3v) is 2.12. The molecule has 5 heteroatoms. The summed E-state index contributed by atoms with van der Waals surface area (Å²) in [5.41, 5.74) is 5.91. The summed E-state index contributed by atoms with van der Waals surface area (Å²) >= 11 is 5.84. The van der Waals surface area contributed by atoms with Gasteiger partial charge in [0.05, 0.1) is 12.3 Å². The van der Waals surface area contributed by atoms with Crippen LogP contribution in [0.2, 0.25) is 5.02 Å². The second kappa shape index (κ2) is 6.35. The molecule has 0 radical (unpaired) electrons. The summed E-state index contributed by atoms with van der Waals surface area (Å²) in [5.74, 6) is 0.436. The van der Waals surface area contributed by atoms with Gasteiger partial charge in [0.15, 0.2) is 0 Å². The van der Waals surface area contributed by atoms with E-state index >= 15 is 0 Å². The van der Waals surface area contributed by atoms with Crippen LogP contribution >= 0.6 is 11.6 Å². The number of hydrogen-bond acceptors (Lipinski definition) is 3. The predicted octanol–water partition coefficient (Wildman–Crippen LogP) is 2.03. The van der Waals surface area contributed by atoms with Crippen LogP contribution in [-0.4, -0.2) is 19.1 Å². The first-order chi connectivity index (χ1) is 7.67. The average molecular weight is 243 g/mol.